The summed E-state index contributed by atoms with van der Waals surface area (Å²) >= 11 is 3.46. The molecule has 1 amide bonds. The maximum atomic E-state index is 11.4. The molecule has 15 heavy (non-hydrogen) atoms. The summed E-state index contributed by atoms with van der Waals surface area (Å²) in [5, 5.41) is 0. The molecule has 1 heterocycles. The molecule has 0 aliphatic carbocycles. The third-order valence-electron chi connectivity index (χ3n) is 2.52. The van der Waals surface area contributed by atoms with Gasteiger partial charge in [0.25, 0.3) is 0 Å². The zero-order valence-electron chi connectivity index (χ0n) is 8.44. The summed E-state index contributed by atoms with van der Waals surface area (Å²) in [7, 11) is 0. The number of carbonyl (C=O) groups is 1. The van der Waals surface area contributed by atoms with Crippen LogP contribution in [0.25, 0.3) is 0 Å². The average Bonchev–Trinajstić information content (AvgIpc) is 2.60. The number of hydrogen-bond donors (Lipinski definition) is 0. The van der Waals surface area contributed by atoms with Gasteiger partial charge in [-0.05, 0) is 13.0 Å². The van der Waals surface area contributed by atoms with Gasteiger partial charge in [-0.15, -0.1) is 0 Å². The second-order valence-electron chi connectivity index (χ2n) is 3.43. The standard InChI is InChI=1S/C11H12BrNO2/c1-2-13-7-10(15-11(13)14)8-5-3-4-6-9(8)12/h3-6,10H,2,7H2,1H3. The first-order chi connectivity index (χ1) is 7.22. The zero-order valence-corrected chi connectivity index (χ0v) is 10.0. The third-order valence-corrected chi connectivity index (χ3v) is 3.24. The van der Waals surface area contributed by atoms with Gasteiger partial charge < -0.3 is 9.64 Å². The number of likely N-dealkylation sites (N-methyl/N-ethyl adjacent to an activating group) is 1. The quantitative estimate of drug-likeness (QED) is 0.826. The molecule has 3 nitrogen and oxygen atoms in total. The Kier molecular flexibility index (Phi) is 2.95. The second-order valence-corrected chi connectivity index (χ2v) is 4.29. The fourth-order valence-electron chi connectivity index (χ4n) is 1.66. The van der Waals surface area contributed by atoms with Gasteiger partial charge in [-0.25, -0.2) is 4.79 Å². The molecule has 0 aromatic heterocycles. The van der Waals surface area contributed by atoms with Crippen molar-refractivity contribution in [3.05, 3.63) is 34.3 Å². The predicted molar refractivity (Wildman–Crippen MR) is 60.6 cm³/mol. The Morgan fingerprint density at radius 3 is 2.87 bits per heavy atom. The van der Waals surface area contributed by atoms with Crippen molar-refractivity contribution in [2.24, 2.45) is 0 Å². The van der Waals surface area contributed by atoms with Crippen LogP contribution in [-0.4, -0.2) is 24.1 Å². The van der Waals surface area contributed by atoms with E-state index in [1.54, 1.807) is 4.90 Å². The predicted octanol–water partition coefficient (Wildman–Crippen LogP) is 2.96. The molecule has 2 rings (SSSR count). The molecular formula is C11H12BrNO2. The Labute approximate surface area is 97.2 Å². The molecule has 1 atom stereocenters. The van der Waals surface area contributed by atoms with Crippen molar-refractivity contribution >= 4 is 22.0 Å². The van der Waals surface area contributed by atoms with Gasteiger partial charge in [0.2, 0.25) is 0 Å². The summed E-state index contributed by atoms with van der Waals surface area (Å²) < 4.78 is 6.28. The van der Waals surface area contributed by atoms with E-state index in [9.17, 15) is 4.79 Å². The van der Waals surface area contributed by atoms with Gasteiger partial charge in [-0.1, -0.05) is 34.1 Å². The molecule has 1 aromatic carbocycles. The van der Waals surface area contributed by atoms with Crippen LogP contribution >= 0.6 is 15.9 Å². The first-order valence-corrected chi connectivity index (χ1v) is 5.71. The molecule has 0 saturated carbocycles. The van der Waals surface area contributed by atoms with Crippen molar-refractivity contribution in [1.82, 2.24) is 4.90 Å². The van der Waals surface area contributed by atoms with Crippen LogP contribution < -0.4 is 0 Å². The van der Waals surface area contributed by atoms with Crippen molar-refractivity contribution in [2.75, 3.05) is 13.1 Å². The second kappa shape index (κ2) is 4.23. The SMILES string of the molecule is CCN1CC(c2ccccc2Br)OC1=O. The van der Waals surface area contributed by atoms with Gasteiger partial charge in [-0.2, -0.15) is 0 Å². The molecular weight excluding hydrogens is 258 g/mol. The number of cyclic esters (lactones) is 1. The highest BCUT2D eigenvalue weighted by Gasteiger charge is 2.31. The maximum absolute atomic E-state index is 11.4. The van der Waals surface area contributed by atoms with Crippen molar-refractivity contribution < 1.29 is 9.53 Å². The summed E-state index contributed by atoms with van der Waals surface area (Å²) in [5.74, 6) is 0. The molecule has 1 saturated heterocycles. The highest BCUT2D eigenvalue weighted by atomic mass is 79.9. The number of halogens is 1. The number of ether oxygens (including phenoxy) is 1. The molecule has 0 spiro atoms. The van der Waals surface area contributed by atoms with E-state index < -0.39 is 0 Å². The minimum Gasteiger partial charge on any atom is -0.439 e. The molecule has 0 N–H and O–H groups in total. The Hall–Kier alpha value is -1.03. The van der Waals surface area contributed by atoms with Gasteiger partial charge in [-0.3, -0.25) is 0 Å². The van der Waals surface area contributed by atoms with Gasteiger partial charge >= 0.3 is 6.09 Å². The lowest BCUT2D eigenvalue weighted by molar-refractivity contribution is 0.133. The van der Waals surface area contributed by atoms with Crippen LogP contribution in [0.15, 0.2) is 28.7 Å². The molecule has 80 valence electrons. The van der Waals surface area contributed by atoms with Crippen LogP contribution in [0.5, 0.6) is 0 Å². The highest BCUT2D eigenvalue weighted by Crippen LogP contribution is 2.30. The van der Waals surface area contributed by atoms with E-state index in [-0.39, 0.29) is 12.2 Å². The minimum absolute atomic E-state index is 0.145. The lowest BCUT2D eigenvalue weighted by Gasteiger charge is -2.10. The molecule has 4 heteroatoms. The van der Waals surface area contributed by atoms with Crippen molar-refractivity contribution in [1.29, 1.82) is 0 Å². The summed E-state index contributed by atoms with van der Waals surface area (Å²) in [4.78, 5) is 13.1. The van der Waals surface area contributed by atoms with Crippen LogP contribution in [-0.2, 0) is 4.74 Å². The first-order valence-electron chi connectivity index (χ1n) is 4.92. The van der Waals surface area contributed by atoms with Crippen LogP contribution in [0, 0.1) is 0 Å². The van der Waals surface area contributed by atoms with Gasteiger partial charge in [0.1, 0.15) is 6.10 Å². The number of benzene rings is 1. The van der Waals surface area contributed by atoms with Crippen LogP contribution in [0.3, 0.4) is 0 Å². The lowest BCUT2D eigenvalue weighted by Crippen LogP contribution is -2.23. The van der Waals surface area contributed by atoms with Crippen LogP contribution in [0.2, 0.25) is 0 Å². The Bertz CT molecular complexity index is 381. The van der Waals surface area contributed by atoms with Gasteiger partial charge in [0.15, 0.2) is 0 Å². The number of nitrogens with zero attached hydrogens (tertiary/aromatic N) is 1. The molecule has 1 unspecified atom stereocenters. The van der Waals surface area contributed by atoms with E-state index in [2.05, 4.69) is 15.9 Å². The van der Waals surface area contributed by atoms with Crippen LogP contribution in [0.1, 0.15) is 18.6 Å². The first kappa shape index (κ1) is 10.5. The smallest absolute Gasteiger partial charge is 0.410 e. The summed E-state index contributed by atoms with van der Waals surface area (Å²) in [5.41, 5.74) is 1.03. The van der Waals surface area contributed by atoms with Gasteiger partial charge in [0.05, 0.1) is 6.54 Å². The largest absolute Gasteiger partial charge is 0.439 e. The Morgan fingerprint density at radius 2 is 2.27 bits per heavy atom. The summed E-state index contributed by atoms with van der Waals surface area (Å²) in [6.07, 6.45) is -0.369. The number of hydrogen-bond acceptors (Lipinski definition) is 2. The van der Waals surface area contributed by atoms with E-state index >= 15 is 0 Å². The normalized spacial score (nSPS) is 20.5. The molecule has 0 bridgehead atoms. The van der Waals surface area contributed by atoms with E-state index in [1.165, 1.54) is 0 Å². The van der Waals surface area contributed by atoms with E-state index in [0.29, 0.717) is 13.1 Å². The third kappa shape index (κ3) is 2.00. The van der Waals surface area contributed by atoms with Gasteiger partial charge in [0, 0.05) is 16.6 Å². The fourth-order valence-corrected chi connectivity index (χ4v) is 2.20. The van der Waals surface area contributed by atoms with Crippen molar-refractivity contribution in [3.8, 4) is 0 Å². The number of amides is 1. The lowest BCUT2D eigenvalue weighted by atomic mass is 10.1. The van der Waals surface area contributed by atoms with Crippen LogP contribution in [0.4, 0.5) is 4.79 Å². The molecule has 0 radical (unpaired) electrons. The topological polar surface area (TPSA) is 29.5 Å². The number of carbonyl (C=O) groups excluding carboxylic acids is 1. The Morgan fingerprint density at radius 1 is 1.53 bits per heavy atom. The average molecular weight is 270 g/mol. The number of rotatable bonds is 2. The molecule has 1 aliphatic heterocycles. The highest BCUT2D eigenvalue weighted by molar-refractivity contribution is 9.10. The van der Waals surface area contributed by atoms with E-state index in [0.717, 1.165) is 10.0 Å². The monoisotopic (exact) mass is 269 g/mol. The fraction of sp³-hybridized carbons (Fsp3) is 0.364. The van der Waals surface area contributed by atoms with Crippen molar-refractivity contribution in [2.45, 2.75) is 13.0 Å². The molecule has 1 aliphatic rings. The summed E-state index contributed by atoms with van der Waals surface area (Å²) in [6.45, 7) is 3.28. The van der Waals surface area contributed by atoms with E-state index in [4.69, 9.17) is 4.74 Å². The zero-order chi connectivity index (χ0) is 10.8. The summed E-state index contributed by atoms with van der Waals surface area (Å²) in [6, 6.07) is 7.82. The minimum atomic E-state index is -0.224. The molecule has 1 fully saturated rings. The van der Waals surface area contributed by atoms with Crippen molar-refractivity contribution in [3.63, 3.8) is 0 Å². The van der Waals surface area contributed by atoms with E-state index in [1.807, 2.05) is 31.2 Å². The molecule has 1 aromatic rings. The Balaban J connectivity index is 2.21. The maximum Gasteiger partial charge on any atom is 0.410 e.